The Hall–Kier alpha value is -3.41. The average Bonchev–Trinajstić information content (AvgIpc) is 2.85. The summed E-state index contributed by atoms with van der Waals surface area (Å²) in [5.41, 5.74) is 0.0971. The van der Waals surface area contributed by atoms with E-state index in [1.165, 1.54) is 6.92 Å². The van der Waals surface area contributed by atoms with Gasteiger partial charge in [-0.05, 0) is 44.2 Å². The van der Waals surface area contributed by atoms with E-state index in [9.17, 15) is 22.8 Å². The first-order chi connectivity index (χ1) is 17.6. The molecule has 0 spiro atoms. The van der Waals surface area contributed by atoms with Crippen LogP contribution in [0.2, 0.25) is 0 Å². The van der Waals surface area contributed by atoms with E-state index in [2.05, 4.69) is 30.8 Å². The van der Waals surface area contributed by atoms with Gasteiger partial charge in [0.2, 0.25) is 11.9 Å². The third-order valence-electron chi connectivity index (χ3n) is 6.75. The van der Waals surface area contributed by atoms with Crippen LogP contribution in [0.5, 0.6) is 0 Å². The third-order valence-corrected chi connectivity index (χ3v) is 6.75. The van der Waals surface area contributed by atoms with E-state index in [1.54, 1.807) is 29.2 Å². The smallest absolute Gasteiger partial charge is 0.365 e. The van der Waals surface area contributed by atoms with Crippen LogP contribution in [0.15, 0.2) is 30.5 Å². The summed E-state index contributed by atoms with van der Waals surface area (Å²) in [7, 11) is 2.02. The highest BCUT2D eigenvalue weighted by Crippen LogP contribution is 2.35. The van der Waals surface area contributed by atoms with Crippen LogP contribution in [-0.4, -0.2) is 76.9 Å². The van der Waals surface area contributed by atoms with E-state index in [-0.39, 0.29) is 35.7 Å². The first-order valence-corrected chi connectivity index (χ1v) is 12.4. The lowest BCUT2D eigenvalue weighted by Crippen LogP contribution is -2.48. The minimum atomic E-state index is -4.65. The normalized spacial score (nSPS) is 20.8. The lowest BCUT2D eigenvalue weighted by Gasteiger charge is -2.33. The van der Waals surface area contributed by atoms with Crippen LogP contribution in [0.1, 0.15) is 48.5 Å². The molecule has 4 rings (SSSR count). The zero-order valence-corrected chi connectivity index (χ0v) is 20.9. The van der Waals surface area contributed by atoms with Gasteiger partial charge < -0.3 is 25.8 Å². The van der Waals surface area contributed by atoms with Gasteiger partial charge in [-0.25, -0.2) is 4.98 Å². The Morgan fingerprint density at radius 3 is 2.27 bits per heavy atom. The average molecular weight is 520 g/mol. The first-order valence-electron chi connectivity index (χ1n) is 12.4. The number of carbonyl (C=O) groups excluding carboxylic acids is 2. The fourth-order valence-corrected chi connectivity index (χ4v) is 4.69. The number of carbonyl (C=O) groups is 2. The van der Waals surface area contributed by atoms with Gasteiger partial charge in [-0.3, -0.25) is 9.59 Å². The van der Waals surface area contributed by atoms with E-state index in [4.69, 9.17) is 0 Å². The van der Waals surface area contributed by atoms with Gasteiger partial charge in [0.1, 0.15) is 11.4 Å². The fourth-order valence-electron chi connectivity index (χ4n) is 4.69. The molecule has 2 aromatic rings. The summed E-state index contributed by atoms with van der Waals surface area (Å²) in [4.78, 5) is 36.3. The second-order valence-electron chi connectivity index (χ2n) is 9.59. The predicted octanol–water partition coefficient (Wildman–Crippen LogP) is 3.49. The van der Waals surface area contributed by atoms with E-state index in [1.807, 2.05) is 7.05 Å². The number of amides is 2. The molecule has 1 aromatic heterocycles. The number of piperazine rings is 1. The van der Waals surface area contributed by atoms with Gasteiger partial charge in [-0.15, -0.1) is 0 Å². The maximum atomic E-state index is 13.7. The number of alkyl halides is 3. The van der Waals surface area contributed by atoms with Crippen molar-refractivity contribution in [1.29, 1.82) is 0 Å². The van der Waals surface area contributed by atoms with Crippen molar-refractivity contribution in [3.63, 3.8) is 0 Å². The summed E-state index contributed by atoms with van der Waals surface area (Å²) in [6.07, 6.45) is -0.890. The Morgan fingerprint density at radius 2 is 1.65 bits per heavy atom. The van der Waals surface area contributed by atoms with Gasteiger partial charge in [0, 0.05) is 62.6 Å². The standard InChI is InChI=1S/C25H32F3N7O2/c1-16(36)30-20-5-3-4-6-21(20)32-22-19(25(26,27)28)15-29-24(33-22)31-18-9-7-17(8-10-18)23(37)35-13-11-34(2)12-14-35/h7-10,15,20-21H,3-6,11-14H2,1-2H3,(H,30,36)(H2,29,31,32,33). The topological polar surface area (TPSA) is 102 Å². The molecule has 2 amide bonds. The van der Waals surface area contributed by atoms with Crippen molar-refractivity contribution in [3.8, 4) is 0 Å². The molecule has 2 fully saturated rings. The summed E-state index contributed by atoms with van der Waals surface area (Å²) >= 11 is 0. The second kappa shape index (κ2) is 11.3. The zero-order valence-electron chi connectivity index (χ0n) is 20.9. The summed E-state index contributed by atoms with van der Waals surface area (Å²) in [5, 5.41) is 8.68. The molecule has 1 aromatic carbocycles. The minimum Gasteiger partial charge on any atom is -0.365 e. The zero-order chi connectivity index (χ0) is 26.6. The van der Waals surface area contributed by atoms with E-state index in [0.29, 0.717) is 37.2 Å². The summed E-state index contributed by atoms with van der Waals surface area (Å²) in [5.74, 6) is -0.637. The molecule has 1 saturated carbocycles. The number of nitrogens with one attached hydrogen (secondary N) is 3. The molecule has 2 atom stereocenters. The quantitative estimate of drug-likeness (QED) is 0.537. The van der Waals surface area contributed by atoms with Crippen molar-refractivity contribution in [3.05, 3.63) is 41.6 Å². The number of rotatable bonds is 6. The van der Waals surface area contributed by atoms with Crippen LogP contribution in [0.4, 0.5) is 30.6 Å². The molecular formula is C25H32F3N7O2. The number of benzene rings is 1. The summed E-state index contributed by atoms with van der Waals surface area (Å²) in [6, 6.07) is 6.01. The largest absolute Gasteiger partial charge is 0.421 e. The Morgan fingerprint density at radius 1 is 1.00 bits per heavy atom. The fraction of sp³-hybridized carbons (Fsp3) is 0.520. The molecular weight excluding hydrogens is 487 g/mol. The number of hydrogen-bond donors (Lipinski definition) is 3. The van der Waals surface area contributed by atoms with Crippen molar-refractivity contribution in [2.24, 2.45) is 0 Å². The Balaban J connectivity index is 1.49. The molecule has 0 bridgehead atoms. The monoisotopic (exact) mass is 519 g/mol. The van der Waals surface area contributed by atoms with E-state index in [0.717, 1.165) is 32.1 Å². The Kier molecular flexibility index (Phi) is 8.16. The molecule has 1 aliphatic carbocycles. The number of hydrogen-bond acceptors (Lipinski definition) is 7. The highest BCUT2D eigenvalue weighted by atomic mass is 19.4. The molecule has 2 unspecified atom stereocenters. The maximum Gasteiger partial charge on any atom is 0.421 e. The van der Waals surface area contributed by atoms with Crippen LogP contribution in [0.25, 0.3) is 0 Å². The van der Waals surface area contributed by atoms with Gasteiger partial charge >= 0.3 is 6.18 Å². The number of nitrogens with zero attached hydrogens (tertiary/aromatic N) is 4. The van der Waals surface area contributed by atoms with Gasteiger partial charge in [-0.1, -0.05) is 12.8 Å². The van der Waals surface area contributed by atoms with Crippen LogP contribution in [-0.2, 0) is 11.0 Å². The molecule has 2 aliphatic rings. The van der Waals surface area contributed by atoms with Crippen molar-refractivity contribution in [1.82, 2.24) is 25.1 Å². The van der Waals surface area contributed by atoms with Crippen molar-refractivity contribution >= 4 is 29.3 Å². The van der Waals surface area contributed by atoms with Crippen LogP contribution in [0, 0.1) is 0 Å². The predicted molar refractivity (Wildman–Crippen MR) is 134 cm³/mol. The molecule has 2 heterocycles. The molecule has 3 N–H and O–H groups in total. The highest BCUT2D eigenvalue weighted by molar-refractivity contribution is 5.94. The lowest BCUT2D eigenvalue weighted by atomic mass is 9.90. The number of likely N-dealkylation sites (N-methyl/N-ethyl adjacent to an activating group) is 1. The van der Waals surface area contributed by atoms with Crippen molar-refractivity contribution in [2.45, 2.75) is 50.9 Å². The number of halogens is 3. The molecule has 9 nitrogen and oxygen atoms in total. The SMILES string of the molecule is CC(=O)NC1CCCCC1Nc1nc(Nc2ccc(C(=O)N3CCN(C)CC3)cc2)ncc1C(F)(F)F. The van der Waals surface area contributed by atoms with Gasteiger partial charge in [-0.2, -0.15) is 18.2 Å². The molecule has 200 valence electrons. The van der Waals surface area contributed by atoms with Gasteiger partial charge in [0.05, 0.1) is 0 Å². The Labute approximate surface area is 213 Å². The van der Waals surface area contributed by atoms with E-state index >= 15 is 0 Å². The number of aromatic nitrogens is 2. The van der Waals surface area contributed by atoms with Crippen molar-refractivity contribution < 1.29 is 22.8 Å². The Bertz CT molecular complexity index is 1100. The highest BCUT2D eigenvalue weighted by Gasteiger charge is 2.37. The molecule has 1 aliphatic heterocycles. The molecule has 1 saturated heterocycles. The van der Waals surface area contributed by atoms with Crippen molar-refractivity contribution in [2.75, 3.05) is 43.9 Å². The van der Waals surface area contributed by atoms with Gasteiger partial charge in [0.15, 0.2) is 0 Å². The van der Waals surface area contributed by atoms with Crippen LogP contribution < -0.4 is 16.0 Å². The van der Waals surface area contributed by atoms with Gasteiger partial charge in [0.25, 0.3) is 5.91 Å². The maximum absolute atomic E-state index is 13.7. The lowest BCUT2D eigenvalue weighted by molar-refractivity contribution is -0.137. The number of anilines is 3. The molecule has 37 heavy (non-hydrogen) atoms. The van der Waals surface area contributed by atoms with E-state index < -0.39 is 11.7 Å². The third kappa shape index (κ3) is 6.88. The molecule has 0 radical (unpaired) electrons. The van der Waals surface area contributed by atoms with Crippen LogP contribution >= 0.6 is 0 Å². The summed E-state index contributed by atoms with van der Waals surface area (Å²) in [6.45, 7) is 4.35. The van der Waals surface area contributed by atoms with Crippen LogP contribution in [0.3, 0.4) is 0 Å². The minimum absolute atomic E-state index is 0.0134. The second-order valence-corrected chi connectivity index (χ2v) is 9.59. The summed E-state index contributed by atoms with van der Waals surface area (Å²) < 4.78 is 41.1. The molecule has 12 heteroatoms. The first kappa shape index (κ1) is 26.6.